The topological polar surface area (TPSA) is 88.3 Å². The van der Waals surface area contributed by atoms with Crippen molar-refractivity contribution in [3.05, 3.63) is 75.8 Å². The van der Waals surface area contributed by atoms with Gasteiger partial charge in [0.05, 0.1) is 22.3 Å². The number of amides is 1. The minimum Gasteiger partial charge on any atom is -0.368 e. The molecule has 44 heavy (non-hydrogen) atoms. The maximum Gasteiger partial charge on any atom is 0.423 e. The van der Waals surface area contributed by atoms with Crippen molar-refractivity contribution < 1.29 is 40.8 Å². The number of fused-ring (bicyclic) bond motifs is 1. The van der Waals surface area contributed by atoms with Crippen LogP contribution in [0.2, 0.25) is 0 Å². The SMILES string of the molecule is O=C(COC1CCC(=Nc2ccc([N+](=O)[O-])c(C(F)(F)F)c2)CC1)N1CCN(c2ccc3cc(C(F)(F)F)ccc3c2)CC1. The van der Waals surface area contributed by atoms with Gasteiger partial charge in [0.15, 0.2) is 0 Å². The quantitative estimate of drug-likeness (QED) is 0.165. The number of piperazine rings is 1. The molecule has 0 N–H and O–H groups in total. The summed E-state index contributed by atoms with van der Waals surface area (Å²) in [7, 11) is 0. The smallest absolute Gasteiger partial charge is 0.368 e. The molecular formula is C30H28F6N4O4. The monoisotopic (exact) mass is 622 g/mol. The van der Waals surface area contributed by atoms with Crippen molar-refractivity contribution in [3.8, 4) is 0 Å². The number of halogens is 6. The minimum atomic E-state index is -4.88. The van der Waals surface area contributed by atoms with Crippen LogP contribution in [0.3, 0.4) is 0 Å². The van der Waals surface area contributed by atoms with Gasteiger partial charge in [0, 0.05) is 43.6 Å². The molecule has 1 saturated carbocycles. The number of ether oxygens (including phenoxy) is 1. The van der Waals surface area contributed by atoms with Crippen LogP contribution in [0.4, 0.5) is 43.4 Å². The molecule has 0 bridgehead atoms. The number of anilines is 1. The molecule has 0 unspecified atom stereocenters. The number of carbonyl (C=O) groups excluding carboxylic acids is 1. The molecule has 1 saturated heterocycles. The molecule has 2 fully saturated rings. The Kier molecular flexibility index (Phi) is 8.82. The summed E-state index contributed by atoms with van der Waals surface area (Å²) in [6.45, 7) is 1.93. The number of aliphatic imine (C=N–C) groups is 1. The van der Waals surface area contributed by atoms with Gasteiger partial charge in [-0.2, -0.15) is 26.3 Å². The molecule has 3 aromatic carbocycles. The second-order valence-electron chi connectivity index (χ2n) is 10.8. The van der Waals surface area contributed by atoms with Gasteiger partial charge < -0.3 is 14.5 Å². The van der Waals surface area contributed by atoms with E-state index < -0.39 is 34.1 Å². The number of nitro benzene ring substituents is 1. The van der Waals surface area contributed by atoms with Crippen molar-refractivity contribution in [1.29, 1.82) is 0 Å². The van der Waals surface area contributed by atoms with E-state index in [9.17, 15) is 41.3 Å². The van der Waals surface area contributed by atoms with Gasteiger partial charge in [-0.3, -0.25) is 19.9 Å². The third-order valence-electron chi connectivity index (χ3n) is 7.87. The lowest BCUT2D eigenvalue weighted by Crippen LogP contribution is -2.50. The highest BCUT2D eigenvalue weighted by Gasteiger charge is 2.38. The summed E-state index contributed by atoms with van der Waals surface area (Å²) in [6.07, 6.45) is -7.52. The molecule has 0 radical (unpaired) electrons. The molecule has 2 aliphatic rings. The molecule has 1 aliphatic heterocycles. The van der Waals surface area contributed by atoms with Crippen molar-refractivity contribution in [2.24, 2.45) is 4.99 Å². The summed E-state index contributed by atoms with van der Waals surface area (Å²) < 4.78 is 84.6. The van der Waals surface area contributed by atoms with Crippen LogP contribution in [-0.2, 0) is 21.9 Å². The Morgan fingerprint density at radius 3 is 2.18 bits per heavy atom. The Morgan fingerprint density at radius 1 is 0.886 bits per heavy atom. The molecule has 234 valence electrons. The van der Waals surface area contributed by atoms with E-state index in [1.807, 2.05) is 6.07 Å². The Bertz CT molecular complexity index is 1570. The van der Waals surface area contributed by atoms with Crippen molar-refractivity contribution >= 4 is 39.5 Å². The van der Waals surface area contributed by atoms with Crippen LogP contribution in [0.15, 0.2) is 59.6 Å². The van der Waals surface area contributed by atoms with E-state index >= 15 is 0 Å². The third kappa shape index (κ3) is 7.29. The molecule has 14 heteroatoms. The van der Waals surface area contributed by atoms with E-state index in [2.05, 4.69) is 9.89 Å². The van der Waals surface area contributed by atoms with Crippen molar-refractivity contribution in [3.63, 3.8) is 0 Å². The average molecular weight is 623 g/mol. The maximum atomic E-state index is 13.3. The number of alkyl halides is 6. The summed E-state index contributed by atoms with van der Waals surface area (Å²) in [6, 6.07) is 11.6. The molecule has 1 aliphatic carbocycles. The van der Waals surface area contributed by atoms with Crippen LogP contribution in [-0.4, -0.2) is 60.3 Å². The van der Waals surface area contributed by atoms with E-state index in [4.69, 9.17) is 4.74 Å². The first-order chi connectivity index (χ1) is 20.8. The van der Waals surface area contributed by atoms with Gasteiger partial charge in [-0.1, -0.05) is 12.1 Å². The van der Waals surface area contributed by atoms with E-state index in [0.29, 0.717) is 74.4 Å². The predicted octanol–water partition coefficient (Wildman–Crippen LogP) is 7.17. The largest absolute Gasteiger partial charge is 0.423 e. The van der Waals surface area contributed by atoms with E-state index in [-0.39, 0.29) is 24.3 Å². The van der Waals surface area contributed by atoms with Crippen LogP contribution >= 0.6 is 0 Å². The third-order valence-corrected chi connectivity index (χ3v) is 7.87. The molecule has 0 aromatic heterocycles. The molecular weight excluding hydrogens is 594 g/mol. The molecule has 1 heterocycles. The molecule has 1 amide bonds. The van der Waals surface area contributed by atoms with Crippen LogP contribution in [0.25, 0.3) is 10.8 Å². The van der Waals surface area contributed by atoms with Gasteiger partial charge in [0.1, 0.15) is 12.2 Å². The molecule has 8 nitrogen and oxygen atoms in total. The second kappa shape index (κ2) is 12.4. The zero-order valence-electron chi connectivity index (χ0n) is 23.3. The highest BCUT2D eigenvalue weighted by Crippen LogP contribution is 2.38. The predicted molar refractivity (Wildman–Crippen MR) is 151 cm³/mol. The molecule has 0 atom stereocenters. The molecule has 5 rings (SSSR count). The summed E-state index contributed by atoms with van der Waals surface area (Å²) in [5.41, 5.74) is -1.55. The normalized spacial score (nSPS) is 18.0. The number of hydrogen-bond acceptors (Lipinski definition) is 6. The van der Waals surface area contributed by atoms with Gasteiger partial charge in [0.2, 0.25) is 5.91 Å². The number of nitrogens with zero attached hydrogens (tertiary/aromatic N) is 4. The second-order valence-corrected chi connectivity index (χ2v) is 10.8. The fourth-order valence-electron chi connectivity index (χ4n) is 5.47. The number of hydrogen-bond donors (Lipinski definition) is 0. The minimum absolute atomic E-state index is 0.00843. The van der Waals surface area contributed by atoms with Crippen LogP contribution in [0.1, 0.15) is 36.8 Å². The average Bonchev–Trinajstić information content (AvgIpc) is 2.99. The Balaban J connectivity index is 1.09. The summed E-state index contributed by atoms with van der Waals surface area (Å²) >= 11 is 0. The summed E-state index contributed by atoms with van der Waals surface area (Å²) in [5.74, 6) is -0.159. The zero-order valence-corrected chi connectivity index (χ0v) is 23.3. The van der Waals surface area contributed by atoms with Crippen LogP contribution in [0.5, 0.6) is 0 Å². The summed E-state index contributed by atoms with van der Waals surface area (Å²) in [4.78, 5) is 30.7. The van der Waals surface area contributed by atoms with E-state index in [1.165, 1.54) is 12.1 Å². The molecule has 3 aromatic rings. The first-order valence-electron chi connectivity index (χ1n) is 14.0. The fraction of sp³-hybridized carbons (Fsp3) is 0.400. The number of rotatable bonds is 6. The Labute approximate surface area is 248 Å². The van der Waals surface area contributed by atoms with Crippen molar-refractivity contribution in [1.82, 2.24) is 4.90 Å². The summed E-state index contributed by atoms with van der Waals surface area (Å²) in [5, 5.41) is 12.2. The molecule has 0 spiro atoms. The van der Waals surface area contributed by atoms with Gasteiger partial charge >= 0.3 is 12.4 Å². The van der Waals surface area contributed by atoms with Gasteiger partial charge in [-0.05, 0) is 72.9 Å². The number of nitro groups is 1. The van der Waals surface area contributed by atoms with Crippen molar-refractivity contribution in [2.45, 2.75) is 44.1 Å². The Hall–Kier alpha value is -4.20. The highest BCUT2D eigenvalue weighted by molar-refractivity contribution is 5.88. The highest BCUT2D eigenvalue weighted by atomic mass is 19.4. The van der Waals surface area contributed by atoms with Gasteiger partial charge in [-0.15, -0.1) is 0 Å². The van der Waals surface area contributed by atoms with Gasteiger partial charge in [0.25, 0.3) is 5.69 Å². The van der Waals surface area contributed by atoms with Crippen LogP contribution in [0, 0.1) is 10.1 Å². The number of carbonyl (C=O) groups is 1. The lowest BCUT2D eigenvalue weighted by molar-refractivity contribution is -0.388. The lowest BCUT2D eigenvalue weighted by atomic mass is 9.95. The van der Waals surface area contributed by atoms with E-state index in [0.717, 1.165) is 23.9 Å². The Morgan fingerprint density at radius 2 is 1.55 bits per heavy atom. The van der Waals surface area contributed by atoms with Crippen molar-refractivity contribution in [2.75, 3.05) is 37.7 Å². The van der Waals surface area contributed by atoms with E-state index in [1.54, 1.807) is 17.0 Å². The zero-order chi connectivity index (χ0) is 31.6. The maximum absolute atomic E-state index is 13.3. The standard InChI is InChI=1S/C30H28F6N4O4/c31-29(32,33)21-3-1-20-16-24(7-2-19(20)15-21)38-11-13-39(14-12-38)28(41)18-44-25-8-4-22(5-9-25)37-23-6-10-27(40(42)43)26(17-23)30(34,35)36/h1-3,6-7,10,15-17,25H,4-5,8-9,11-14,18H2. The fourth-order valence-corrected chi connectivity index (χ4v) is 5.47. The number of benzene rings is 3. The first kappa shape index (κ1) is 31.2. The lowest BCUT2D eigenvalue weighted by Gasteiger charge is -2.36. The van der Waals surface area contributed by atoms with Crippen LogP contribution < -0.4 is 4.90 Å². The first-order valence-corrected chi connectivity index (χ1v) is 14.0. The van der Waals surface area contributed by atoms with Gasteiger partial charge in [-0.25, -0.2) is 0 Å².